The number of thiophene rings is 1. The zero-order chi connectivity index (χ0) is 22.3. The van der Waals surface area contributed by atoms with E-state index in [1.54, 1.807) is 17.5 Å². The van der Waals surface area contributed by atoms with Crippen molar-refractivity contribution < 1.29 is 22.9 Å². The van der Waals surface area contributed by atoms with Gasteiger partial charge in [0.25, 0.3) is 11.6 Å². The number of carbonyl (C=O) groups is 1. The topological polar surface area (TPSA) is 102 Å². The third kappa shape index (κ3) is 4.07. The molecule has 0 bridgehead atoms. The molecule has 0 unspecified atom stereocenters. The Labute approximate surface area is 180 Å². The first-order valence-electron chi connectivity index (χ1n) is 8.40. The number of carbonyl (C=O) groups excluding carboxylic acids is 1. The van der Waals surface area contributed by atoms with Crippen molar-refractivity contribution in [1.29, 1.82) is 0 Å². The molecule has 0 aliphatic carbocycles. The summed E-state index contributed by atoms with van der Waals surface area (Å²) in [6, 6.07) is 8.78. The van der Waals surface area contributed by atoms with E-state index in [2.05, 4.69) is 15.4 Å². The maximum Gasteiger partial charge on any atom is 0.433 e. The van der Waals surface area contributed by atoms with Crippen LogP contribution < -0.4 is 5.32 Å². The number of benzene rings is 1. The second-order valence-electron chi connectivity index (χ2n) is 6.17. The minimum absolute atomic E-state index is 0.0787. The van der Waals surface area contributed by atoms with Crippen LogP contribution in [-0.2, 0) is 6.18 Å². The molecule has 4 aromatic rings. The first-order chi connectivity index (χ1) is 14.6. The maximum absolute atomic E-state index is 13.6. The van der Waals surface area contributed by atoms with Gasteiger partial charge in [-0.3, -0.25) is 14.9 Å². The van der Waals surface area contributed by atoms with Gasteiger partial charge in [0.2, 0.25) is 0 Å². The second-order valence-corrected chi connectivity index (χ2v) is 7.56. The van der Waals surface area contributed by atoms with Gasteiger partial charge in [0.15, 0.2) is 17.0 Å². The average molecular weight is 468 g/mol. The van der Waals surface area contributed by atoms with E-state index in [1.807, 2.05) is 0 Å². The molecule has 0 fully saturated rings. The largest absolute Gasteiger partial charge is 0.433 e. The van der Waals surface area contributed by atoms with Crippen LogP contribution in [0.15, 0.2) is 47.8 Å². The molecule has 0 radical (unpaired) electrons. The van der Waals surface area contributed by atoms with E-state index in [0.29, 0.717) is 9.39 Å². The van der Waals surface area contributed by atoms with E-state index >= 15 is 0 Å². The molecule has 4 rings (SSSR count). The first kappa shape index (κ1) is 20.8. The summed E-state index contributed by atoms with van der Waals surface area (Å²) in [5.74, 6) is -0.943. The second kappa shape index (κ2) is 7.63. The number of halogens is 4. The number of nitrogens with zero attached hydrogens (tertiary/aromatic N) is 4. The molecule has 0 saturated heterocycles. The predicted molar refractivity (Wildman–Crippen MR) is 107 cm³/mol. The van der Waals surface area contributed by atoms with Crippen molar-refractivity contribution in [3.63, 3.8) is 0 Å². The van der Waals surface area contributed by atoms with Crippen LogP contribution in [0.1, 0.15) is 16.2 Å². The number of hydrogen-bond acceptors (Lipinski definition) is 6. The minimum Gasteiger partial charge on any atom is -0.315 e. The van der Waals surface area contributed by atoms with Crippen LogP contribution in [0.5, 0.6) is 0 Å². The van der Waals surface area contributed by atoms with Crippen molar-refractivity contribution in [2.45, 2.75) is 6.18 Å². The van der Waals surface area contributed by atoms with Gasteiger partial charge in [-0.25, -0.2) is 9.50 Å². The molecule has 3 aromatic heterocycles. The average Bonchev–Trinajstić information content (AvgIpc) is 3.37. The standard InChI is InChI=1S/C18H9ClF3N5O3S/c19-9-3-4-10(13(6-9)27(29)30)24-17(28)12-8-16-23-11(14-2-1-5-31-14)7-15(18(20,21)22)26(16)25-12/h1-8H,(H,24,28). The molecule has 0 saturated carbocycles. The van der Waals surface area contributed by atoms with Crippen LogP contribution in [0.3, 0.4) is 0 Å². The number of hydrogen-bond donors (Lipinski definition) is 1. The molecule has 31 heavy (non-hydrogen) atoms. The van der Waals surface area contributed by atoms with Crippen molar-refractivity contribution in [1.82, 2.24) is 14.6 Å². The van der Waals surface area contributed by atoms with Gasteiger partial charge < -0.3 is 5.32 Å². The SMILES string of the molecule is O=C(Nc1ccc(Cl)cc1[N+](=O)[O-])c1cc2nc(-c3cccs3)cc(C(F)(F)F)n2n1. The monoisotopic (exact) mass is 467 g/mol. The number of amides is 1. The van der Waals surface area contributed by atoms with Crippen LogP contribution in [0.2, 0.25) is 5.02 Å². The lowest BCUT2D eigenvalue weighted by Gasteiger charge is -2.10. The fraction of sp³-hybridized carbons (Fsp3) is 0.0556. The van der Waals surface area contributed by atoms with Crippen molar-refractivity contribution in [2.24, 2.45) is 0 Å². The molecular formula is C18H9ClF3N5O3S. The lowest BCUT2D eigenvalue weighted by molar-refractivity contribution is -0.383. The summed E-state index contributed by atoms with van der Waals surface area (Å²) in [7, 11) is 0. The fourth-order valence-corrected chi connectivity index (χ4v) is 3.64. The molecule has 158 valence electrons. The van der Waals surface area contributed by atoms with E-state index in [4.69, 9.17) is 11.6 Å². The van der Waals surface area contributed by atoms with Gasteiger partial charge >= 0.3 is 6.18 Å². The highest BCUT2D eigenvalue weighted by Crippen LogP contribution is 2.34. The van der Waals surface area contributed by atoms with Gasteiger partial charge in [-0.05, 0) is 29.6 Å². The van der Waals surface area contributed by atoms with E-state index in [9.17, 15) is 28.1 Å². The highest BCUT2D eigenvalue weighted by molar-refractivity contribution is 7.13. The van der Waals surface area contributed by atoms with Crippen LogP contribution in [-0.4, -0.2) is 25.4 Å². The van der Waals surface area contributed by atoms with Crippen LogP contribution in [0.4, 0.5) is 24.5 Å². The predicted octanol–water partition coefficient (Wildman–Crippen LogP) is 5.29. The normalized spacial score (nSPS) is 11.6. The molecule has 13 heteroatoms. The molecule has 3 heterocycles. The Morgan fingerprint density at radius 1 is 1.23 bits per heavy atom. The summed E-state index contributed by atoms with van der Waals surface area (Å²) in [5, 5.41) is 19.0. The zero-order valence-electron chi connectivity index (χ0n) is 15.1. The number of anilines is 1. The van der Waals surface area contributed by atoms with E-state index in [1.165, 1.54) is 23.5 Å². The van der Waals surface area contributed by atoms with Gasteiger partial charge in [0, 0.05) is 17.2 Å². The van der Waals surface area contributed by atoms with Crippen molar-refractivity contribution >= 4 is 45.9 Å². The Balaban J connectivity index is 1.77. The van der Waals surface area contributed by atoms with Gasteiger partial charge in [0.1, 0.15) is 5.69 Å². The van der Waals surface area contributed by atoms with Gasteiger partial charge in [-0.1, -0.05) is 17.7 Å². The number of aromatic nitrogens is 3. The Morgan fingerprint density at radius 3 is 2.65 bits per heavy atom. The Hall–Kier alpha value is -3.51. The molecule has 0 aliphatic heterocycles. The summed E-state index contributed by atoms with van der Waals surface area (Å²) in [6.07, 6.45) is -4.76. The Bertz CT molecular complexity index is 1320. The molecule has 1 N–H and O–H groups in total. The summed E-state index contributed by atoms with van der Waals surface area (Å²) in [5.41, 5.74) is -2.29. The molecule has 0 aliphatic rings. The molecular weight excluding hydrogens is 459 g/mol. The van der Waals surface area contributed by atoms with Gasteiger partial charge in [-0.15, -0.1) is 11.3 Å². The summed E-state index contributed by atoms with van der Waals surface area (Å²) >= 11 is 6.95. The number of fused-ring (bicyclic) bond motifs is 1. The molecule has 8 nitrogen and oxygen atoms in total. The van der Waals surface area contributed by atoms with Gasteiger partial charge in [0.05, 0.1) is 15.5 Å². The number of nitrogens with one attached hydrogen (secondary N) is 1. The van der Waals surface area contributed by atoms with Crippen molar-refractivity contribution in [3.05, 3.63) is 74.4 Å². The Morgan fingerprint density at radius 2 is 2.00 bits per heavy atom. The molecule has 1 amide bonds. The fourth-order valence-electron chi connectivity index (χ4n) is 2.79. The third-order valence-electron chi connectivity index (χ3n) is 4.13. The number of nitro benzene ring substituents is 1. The lowest BCUT2D eigenvalue weighted by atomic mass is 10.2. The van der Waals surface area contributed by atoms with E-state index in [-0.39, 0.29) is 22.1 Å². The highest BCUT2D eigenvalue weighted by Gasteiger charge is 2.36. The van der Waals surface area contributed by atoms with Crippen LogP contribution in [0.25, 0.3) is 16.2 Å². The quantitative estimate of drug-likeness (QED) is 0.324. The van der Waals surface area contributed by atoms with Crippen molar-refractivity contribution in [3.8, 4) is 10.6 Å². The maximum atomic E-state index is 13.6. The van der Waals surface area contributed by atoms with E-state index in [0.717, 1.165) is 18.2 Å². The third-order valence-corrected chi connectivity index (χ3v) is 5.26. The Kier molecular flexibility index (Phi) is 5.11. The smallest absolute Gasteiger partial charge is 0.315 e. The zero-order valence-corrected chi connectivity index (χ0v) is 16.6. The summed E-state index contributed by atoms with van der Waals surface area (Å²) in [4.78, 5) is 27.7. The first-order valence-corrected chi connectivity index (χ1v) is 9.66. The van der Waals surface area contributed by atoms with E-state index < -0.39 is 34.1 Å². The number of alkyl halides is 3. The molecule has 0 atom stereocenters. The minimum atomic E-state index is -4.76. The molecule has 1 aromatic carbocycles. The van der Waals surface area contributed by atoms with Crippen molar-refractivity contribution in [2.75, 3.05) is 5.32 Å². The van der Waals surface area contributed by atoms with Crippen LogP contribution >= 0.6 is 22.9 Å². The molecule has 0 spiro atoms. The lowest BCUT2D eigenvalue weighted by Crippen LogP contribution is -2.16. The summed E-state index contributed by atoms with van der Waals surface area (Å²) < 4.78 is 41.3. The van der Waals surface area contributed by atoms with Gasteiger partial charge in [-0.2, -0.15) is 18.3 Å². The number of nitro groups is 1. The van der Waals surface area contributed by atoms with Crippen LogP contribution in [0, 0.1) is 10.1 Å². The number of rotatable bonds is 4. The summed E-state index contributed by atoms with van der Waals surface area (Å²) in [6.45, 7) is 0. The highest BCUT2D eigenvalue weighted by atomic mass is 35.5.